The highest BCUT2D eigenvalue weighted by molar-refractivity contribution is 5.67. The highest BCUT2D eigenvalue weighted by atomic mass is 16.4. The molecule has 0 radical (unpaired) electrons. The number of carboxylic acid groups (broad SMARTS) is 1. The molecule has 18 heavy (non-hydrogen) atoms. The van der Waals surface area contributed by atoms with E-state index in [1.54, 1.807) is 0 Å². The predicted molar refractivity (Wildman–Crippen MR) is 75.4 cm³/mol. The van der Waals surface area contributed by atoms with Gasteiger partial charge in [-0.25, -0.2) is 0 Å². The lowest BCUT2D eigenvalue weighted by molar-refractivity contribution is -0.141. The van der Waals surface area contributed by atoms with Gasteiger partial charge in [0.15, 0.2) is 0 Å². The summed E-state index contributed by atoms with van der Waals surface area (Å²) >= 11 is 0. The summed E-state index contributed by atoms with van der Waals surface area (Å²) in [5, 5.41) is 9.20. The van der Waals surface area contributed by atoms with Gasteiger partial charge in [-0.3, -0.25) is 4.79 Å². The number of rotatable bonds is 3. The second kappa shape index (κ2) is 5.63. The lowest BCUT2D eigenvalue weighted by Gasteiger charge is -2.47. The van der Waals surface area contributed by atoms with Crippen molar-refractivity contribution in [3.63, 3.8) is 0 Å². The number of carbonyl (C=O) groups is 1. The number of hydrogen-bond donors (Lipinski definition) is 1. The second-order valence-electron chi connectivity index (χ2n) is 7.68. The zero-order valence-electron chi connectivity index (χ0n) is 12.9. The van der Waals surface area contributed by atoms with Crippen molar-refractivity contribution < 1.29 is 9.90 Å². The Morgan fingerprint density at radius 3 is 1.94 bits per heavy atom. The molecule has 1 fully saturated rings. The molecule has 3 atom stereocenters. The molecule has 2 nitrogen and oxygen atoms in total. The molecular weight excluding hydrogens is 224 g/mol. The van der Waals surface area contributed by atoms with E-state index in [1.165, 1.54) is 12.8 Å². The van der Waals surface area contributed by atoms with Crippen LogP contribution in [0.5, 0.6) is 0 Å². The highest BCUT2D eigenvalue weighted by Crippen LogP contribution is 2.48. The van der Waals surface area contributed by atoms with Crippen molar-refractivity contribution in [1.29, 1.82) is 0 Å². The first-order valence-electron chi connectivity index (χ1n) is 7.34. The van der Waals surface area contributed by atoms with Crippen LogP contribution in [0.1, 0.15) is 60.8 Å². The molecule has 0 saturated heterocycles. The van der Waals surface area contributed by atoms with Crippen LogP contribution in [-0.2, 0) is 4.79 Å². The van der Waals surface area contributed by atoms with Crippen LogP contribution in [-0.4, -0.2) is 11.1 Å². The average molecular weight is 254 g/mol. The minimum Gasteiger partial charge on any atom is -0.481 e. The Hall–Kier alpha value is -0.530. The summed E-state index contributed by atoms with van der Waals surface area (Å²) in [6, 6.07) is 0. The molecule has 106 valence electrons. The molecule has 0 aromatic carbocycles. The molecule has 1 saturated carbocycles. The van der Waals surface area contributed by atoms with Gasteiger partial charge in [-0.15, -0.1) is 0 Å². The van der Waals surface area contributed by atoms with Gasteiger partial charge in [-0.2, -0.15) is 0 Å². The predicted octanol–water partition coefficient (Wildman–Crippen LogP) is 4.44. The number of aliphatic carboxylic acids is 1. The van der Waals surface area contributed by atoms with Gasteiger partial charge < -0.3 is 5.11 Å². The Labute approximate surface area is 112 Å². The molecule has 0 bridgehead atoms. The fourth-order valence-electron chi connectivity index (χ4n) is 4.24. The van der Waals surface area contributed by atoms with Crippen LogP contribution in [0.3, 0.4) is 0 Å². The van der Waals surface area contributed by atoms with Gasteiger partial charge in [0.05, 0.1) is 0 Å². The third-order valence-electron chi connectivity index (χ3n) is 4.83. The largest absolute Gasteiger partial charge is 0.481 e. The lowest BCUT2D eigenvalue weighted by Crippen LogP contribution is -2.40. The van der Waals surface area contributed by atoms with Gasteiger partial charge in [0.1, 0.15) is 0 Å². The Balaban J connectivity index is 2.93. The molecule has 0 aromatic heterocycles. The van der Waals surface area contributed by atoms with E-state index in [2.05, 4.69) is 41.5 Å². The summed E-state index contributed by atoms with van der Waals surface area (Å²) in [6.45, 7) is 13.5. The molecule has 2 heteroatoms. The molecular formula is C16H30O2. The molecule has 1 aliphatic carbocycles. The first-order chi connectivity index (χ1) is 8.12. The number of hydrogen-bond acceptors (Lipinski definition) is 1. The Morgan fingerprint density at radius 2 is 1.61 bits per heavy atom. The van der Waals surface area contributed by atoms with E-state index in [1.807, 2.05) is 0 Å². The van der Waals surface area contributed by atoms with Crippen LogP contribution in [0.15, 0.2) is 0 Å². The fourth-order valence-corrected chi connectivity index (χ4v) is 4.24. The van der Waals surface area contributed by atoms with Crippen molar-refractivity contribution in [2.24, 2.45) is 35.0 Å². The molecule has 0 heterocycles. The van der Waals surface area contributed by atoms with Gasteiger partial charge in [0, 0.05) is 6.42 Å². The minimum atomic E-state index is -0.645. The Kier molecular flexibility index (Phi) is 4.85. The standard InChI is InChI=1S/C16H30O2/c1-10-7-11(2)15(12(3)8-10)13(9-14(17)18)16(4,5)6/h10-13,15H,7-9H2,1-6H3,(H,17,18). The third kappa shape index (κ3) is 3.73. The number of carboxylic acids is 1. The third-order valence-corrected chi connectivity index (χ3v) is 4.83. The van der Waals surface area contributed by atoms with Gasteiger partial charge in [-0.1, -0.05) is 41.5 Å². The van der Waals surface area contributed by atoms with Crippen LogP contribution in [0, 0.1) is 35.0 Å². The van der Waals surface area contributed by atoms with Crippen molar-refractivity contribution in [3.8, 4) is 0 Å². The maximum atomic E-state index is 11.2. The van der Waals surface area contributed by atoms with E-state index < -0.39 is 5.97 Å². The maximum Gasteiger partial charge on any atom is 0.303 e. The first-order valence-corrected chi connectivity index (χ1v) is 7.34. The molecule has 0 amide bonds. The molecule has 1 rings (SSSR count). The Bertz CT molecular complexity index is 278. The van der Waals surface area contributed by atoms with Crippen LogP contribution >= 0.6 is 0 Å². The van der Waals surface area contributed by atoms with Crippen molar-refractivity contribution in [3.05, 3.63) is 0 Å². The second-order valence-corrected chi connectivity index (χ2v) is 7.68. The summed E-state index contributed by atoms with van der Waals surface area (Å²) in [6.07, 6.45) is 2.82. The van der Waals surface area contributed by atoms with Crippen LogP contribution in [0.25, 0.3) is 0 Å². The lowest BCUT2D eigenvalue weighted by atomic mass is 9.58. The fraction of sp³-hybridized carbons (Fsp3) is 0.938. The average Bonchev–Trinajstić information content (AvgIpc) is 2.12. The SMILES string of the molecule is CC1CC(C)C(C(CC(=O)O)C(C)(C)C)C(C)C1. The van der Waals surface area contributed by atoms with E-state index in [4.69, 9.17) is 0 Å². The van der Waals surface area contributed by atoms with Gasteiger partial charge in [0.2, 0.25) is 0 Å². The Morgan fingerprint density at radius 1 is 1.17 bits per heavy atom. The smallest absolute Gasteiger partial charge is 0.303 e. The van der Waals surface area contributed by atoms with Crippen LogP contribution in [0.4, 0.5) is 0 Å². The monoisotopic (exact) mass is 254 g/mol. The van der Waals surface area contributed by atoms with E-state index >= 15 is 0 Å². The molecule has 0 aliphatic heterocycles. The van der Waals surface area contributed by atoms with Gasteiger partial charge in [-0.05, 0) is 47.8 Å². The first kappa shape index (κ1) is 15.5. The van der Waals surface area contributed by atoms with Crippen molar-refractivity contribution in [1.82, 2.24) is 0 Å². The molecule has 0 spiro atoms. The topological polar surface area (TPSA) is 37.3 Å². The van der Waals surface area contributed by atoms with Gasteiger partial charge in [0.25, 0.3) is 0 Å². The maximum absolute atomic E-state index is 11.2. The molecule has 3 unspecified atom stereocenters. The summed E-state index contributed by atoms with van der Waals surface area (Å²) in [5.74, 6) is 2.27. The van der Waals surface area contributed by atoms with E-state index in [9.17, 15) is 9.90 Å². The molecule has 1 N–H and O–H groups in total. The summed E-state index contributed by atoms with van der Waals surface area (Å²) in [4.78, 5) is 11.2. The zero-order chi connectivity index (χ0) is 14.1. The normalized spacial score (nSPS) is 35.2. The molecule has 0 aromatic rings. The van der Waals surface area contributed by atoms with E-state index in [0.717, 1.165) is 5.92 Å². The minimum absolute atomic E-state index is 0.0756. The molecule has 1 aliphatic rings. The van der Waals surface area contributed by atoms with Crippen molar-refractivity contribution >= 4 is 5.97 Å². The van der Waals surface area contributed by atoms with Crippen molar-refractivity contribution in [2.45, 2.75) is 60.8 Å². The zero-order valence-corrected chi connectivity index (χ0v) is 12.9. The summed E-state index contributed by atoms with van der Waals surface area (Å²) < 4.78 is 0. The highest BCUT2D eigenvalue weighted by Gasteiger charge is 2.42. The van der Waals surface area contributed by atoms with Gasteiger partial charge >= 0.3 is 5.97 Å². The van der Waals surface area contributed by atoms with E-state index in [0.29, 0.717) is 24.2 Å². The van der Waals surface area contributed by atoms with E-state index in [-0.39, 0.29) is 11.3 Å². The summed E-state index contributed by atoms with van der Waals surface area (Å²) in [5.41, 5.74) is 0.0756. The van der Waals surface area contributed by atoms with Crippen LogP contribution in [0.2, 0.25) is 0 Å². The quantitative estimate of drug-likeness (QED) is 0.808. The summed E-state index contributed by atoms with van der Waals surface area (Å²) in [7, 11) is 0. The van der Waals surface area contributed by atoms with Crippen LogP contribution < -0.4 is 0 Å². The van der Waals surface area contributed by atoms with Crippen molar-refractivity contribution in [2.75, 3.05) is 0 Å².